The summed E-state index contributed by atoms with van der Waals surface area (Å²) in [6, 6.07) is 19.9. The molecule has 0 spiro atoms. The fourth-order valence-corrected chi connectivity index (χ4v) is 3.40. The van der Waals surface area contributed by atoms with Crippen LogP contribution in [0.3, 0.4) is 0 Å². The van der Waals surface area contributed by atoms with Gasteiger partial charge in [0.15, 0.2) is 0 Å². The molecule has 0 saturated heterocycles. The number of nitrogens with zero attached hydrogens (tertiary/aromatic N) is 3. The van der Waals surface area contributed by atoms with E-state index in [0.717, 1.165) is 12.4 Å². The first-order valence-electron chi connectivity index (χ1n) is 8.53. The van der Waals surface area contributed by atoms with E-state index in [2.05, 4.69) is 83.8 Å². The van der Waals surface area contributed by atoms with Gasteiger partial charge in [0, 0.05) is 0 Å². The smallest absolute Gasteiger partial charge is 0.222 e. The van der Waals surface area contributed by atoms with Crippen molar-refractivity contribution in [1.29, 1.82) is 0 Å². The van der Waals surface area contributed by atoms with E-state index in [1.165, 1.54) is 16.7 Å². The molecule has 4 nitrogen and oxygen atoms in total. The highest BCUT2D eigenvalue weighted by molar-refractivity contribution is 5.38. The van der Waals surface area contributed by atoms with Crippen LogP contribution in [0.4, 0.5) is 5.95 Å². The monoisotopic (exact) mass is 318 g/mol. The molecule has 2 aromatic carbocycles. The van der Waals surface area contributed by atoms with Gasteiger partial charge in [-0.2, -0.15) is 10.1 Å². The average Bonchev–Trinajstić information content (AvgIpc) is 3.10. The maximum absolute atomic E-state index is 4.44. The first-order valence-corrected chi connectivity index (χ1v) is 8.53. The predicted octanol–water partition coefficient (Wildman–Crippen LogP) is 4.55. The lowest BCUT2D eigenvalue weighted by Crippen LogP contribution is -2.28. The molecule has 0 fully saturated rings. The summed E-state index contributed by atoms with van der Waals surface area (Å²) in [5.74, 6) is 1.39. The van der Waals surface area contributed by atoms with Crippen molar-refractivity contribution in [3.63, 3.8) is 0 Å². The van der Waals surface area contributed by atoms with Crippen LogP contribution in [0.5, 0.6) is 0 Å². The summed E-state index contributed by atoms with van der Waals surface area (Å²) in [5, 5.41) is 7.96. The van der Waals surface area contributed by atoms with E-state index in [-0.39, 0.29) is 12.1 Å². The molecule has 1 aromatic heterocycles. The van der Waals surface area contributed by atoms with Crippen molar-refractivity contribution in [3.8, 4) is 0 Å². The Morgan fingerprint density at radius 3 is 2.46 bits per heavy atom. The van der Waals surface area contributed by atoms with Crippen LogP contribution in [-0.2, 0) is 0 Å². The van der Waals surface area contributed by atoms with Crippen LogP contribution < -0.4 is 5.32 Å². The minimum atomic E-state index is 0.204. The van der Waals surface area contributed by atoms with E-state index in [1.807, 2.05) is 4.68 Å². The van der Waals surface area contributed by atoms with Crippen molar-refractivity contribution in [3.05, 3.63) is 77.6 Å². The Morgan fingerprint density at radius 1 is 1.00 bits per heavy atom. The van der Waals surface area contributed by atoms with Gasteiger partial charge in [0.25, 0.3) is 0 Å². The lowest BCUT2D eigenvalue weighted by Gasteiger charge is -2.32. The van der Waals surface area contributed by atoms with Crippen molar-refractivity contribution in [2.75, 3.05) is 5.32 Å². The zero-order chi connectivity index (χ0) is 16.5. The number of nitrogens with one attached hydrogen (secondary N) is 1. The lowest BCUT2D eigenvalue weighted by atomic mass is 9.92. The number of fused-ring (bicyclic) bond motifs is 1. The number of benzene rings is 2. The highest BCUT2D eigenvalue weighted by atomic mass is 15.4. The first-order chi connectivity index (χ1) is 11.7. The van der Waals surface area contributed by atoms with Crippen LogP contribution in [0, 0.1) is 0 Å². The minimum Gasteiger partial charge on any atom is -0.348 e. The lowest BCUT2D eigenvalue weighted by molar-refractivity contribution is 0.431. The first kappa shape index (κ1) is 14.9. The molecule has 3 aromatic rings. The van der Waals surface area contributed by atoms with Crippen LogP contribution in [0.2, 0.25) is 0 Å². The van der Waals surface area contributed by atoms with Gasteiger partial charge in [-0.05, 0) is 29.0 Å². The van der Waals surface area contributed by atoms with Crippen molar-refractivity contribution in [1.82, 2.24) is 14.8 Å². The molecule has 122 valence electrons. The zero-order valence-electron chi connectivity index (χ0n) is 14.1. The SMILES string of the molecule is CC(C)c1ccc([C@H]2C[C@@H](c3ccccc3)Nc3ncnn32)cc1. The van der Waals surface area contributed by atoms with E-state index in [9.17, 15) is 0 Å². The molecule has 2 atom stereocenters. The molecule has 0 saturated carbocycles. The van der Waals surface area contributed by atoms with Crippen molar-refractivity contribution in [2.24, 2.45) is 0 Å². The summed E-state index contributed by atoms with van der Waals surface area (Å²) in [5.41, 5.74) is 3.94. The summed E-state index contributed by atoms with van der Waals surface area (Å²) >= 11 is 0. The summed E-state index contributed by atoms with van der Waals surface area (Å²) in [6.07, 6.45) is 2.59. The Balaban J connectivity index is 1.69. The van der Waals surface area contributed by atoms with Gasteiger partial charge in [0.05, 0.1) is 12.1 Å². The Hall–Kier alpha value is -2.62. The Morgan fingerprint density at radius 2 is 1.75 bits per heavy atom. The fraction of sp³-hybridized carbons (Fsp3) is 0.300. The Bertz CT molecular complexity index is 805. The molecule has 4 rings (SSSR count). The molecule has 1 N–H and O–H groups in total. The van der Waals surface area contributed by atoms with E-state index in [1.54, 1.807) is 6.33 Å². The summed E-state index contributed by atoms with van der Waals surface area (Å²) in [7, 11) is 0. The van der Waals surface area contributed by atoms with Gasteiger partial charge in [-0.1, -0.05) is 68.4 Å². The third kappa shape index (κ3) is 2.68. The van der Waals surface area contributed by atoms with E-state index in [0.29, 0.717) is 5.92 Å². The molecule has 1 aliphatic heterocycles. The molecule has 0 amide bonds. The van der Waals surface area contributed by atoms with Gasteiger partial charge >= 0.3 is 0 Å². The van der Waals surface area contributed by atoms with Crippen LogP contribution in [0.1, 0.15) is 55.0 Å². The maximum Gasteiger partial charge on any atom is 0.222 e. The summed E-state index contributed by atoms with van der Waals surface area (Å²) in [6.45, 7) is 4.45. The molecule has 4 heteroatoms. The topological polar surface area (TPSA) is 42.7 Å². The normalized spacial score (nSPS) is 19.8. The third-order valence-electron chi connectivity index (χ3n) is 4.82. The van der Waals surface area contributed by atoms with Crippen LogP contribution in [0.25, 0.3) is 0 Å². The number of anilines is 1. The van der Waals surface area contributed by atoms with Gasteiger partial charge in [-0.3, -0.25) is 0 Å². The molecule has 0 unspecified atom stereocenters. The van der Waals surface area contributed by atoms with Crippen molar-refractivity contribution >= 4 is 5.95 Å². The third-order valence-corrected chi connectivity index (χ3v) is 4.82. The van der Waals surface area contributed by atoms with Crippen molar-refractivity contribution in [2.45, 2.75) is 38.3 Å². The van der Waals surface area contributed by atoms with Gasteiger partial charge in [-0.15, -0.1) is 0 Å². The number of rotatable bonds is 3. The van der Waals surface area contributed by atoms with E-state index >= 15 is 0 Å². The van der Waals surface area contributed by atoms with Crippen LogP contribution >= 0.6 is 0 Å². The molecule has 2 heterocycles. The minimum absolute atomic E-state index is 0.204. The quantitative estimate of drug-likeness (QED) is 0.770. The Kier molecular flexibility index (Phi) is 3.81. The number of aromatic nitrogens is 3. The summed E-state index contributed by atoms with van der Waals surface area (Å²) < 4.78 is 2.00. The van der Waals surface area contributed by atoms with Gasteiger partial charge in [-0.25, -0.2) is 4.68 Å². The molecule has 0 aliphatic carbocycles. The molecule has 0 radical (unpaired) electrons. The number of hydrogen-bond acceptors (Lipinski definition) is 3. The molecular formula is C20H22N4. The maximum atomic E-state index is 4.44. The largest absolute Gasteiger partial charge is 0.348 e. The highest BCUT2D eigenvalue weighted by Crippen LogP contribution is 2.37. The van der Waals surface area contributed by atoms with Gasteiger partial charge in [0.2, 0.25) is 5.95 Å². The number of hydrogen-bond donors (Lipinski definition) is 1. The molecule has 24 heavy (non-hydrogen) atoms. The van der Waals surface area contributed by atoms with E-state index in [4.69, 9.17) is 0 Å². The summed E-state index contributed by atoms with van der Waals surface area (Å²) in [4.78, 5) is 4.39. The highest BCUT2D eigenvalue weighted by Gasteiger charge is 2.29. The van der Waals surface area contributed by atoms with Gasteiger partial charge in [0.1, 0.15) is 6.33 Å². The van der Waals surface area contributed by atoms with E-state index < -0.39 is 0 Å². The second-order valence-electron chi connectivity index (χ2n) is 6.71. The second-order valence-corrected chi connectivity index (χ2v) is 6.71. The fourth-order valence-electron chi connectivity index (χ4n) is 3.40. The molecule has 0 bridgehead atoms. The Labute approximate surface area is 142 Å². The molecular weight excluding hydrogens is 296 g/mol. The predicted molar refractivity (Wildman–Crippen MR) is 96.1 cm³/mol. The molecule has 1 aliphatic rings. The second kappa shape index (κ2) is 6.11. The van der Waals surface area contributed by atoms with Crippen LogP contribution in [0.15, 0.2) is 60.9 Å². The average molecular weight is 318 g/mol. The van der Waals surface area contributed by atoms with Crippen molar-refractivity contribution < 1.29 is 0 Å². The van der Waals surface area contributed by atoms with Crippen LogP contribution in [-0.4, -0.2) is 14.8 Å². The van der Waals surface area contributed by atoms with Gasteiger partial charge < -0.3 is 5.32 Å². The standard InChI is InChI=1S/C20H22N4/c1-14(2)15-8-10-17(11-9-15)19-12-18(16-6-4-3-5-7-16)23-20-21-13-22-24(19)20/h3-11,13-14,18-19H,12H2,1-2H3,(H,21,22,23)/t18-,19+/m0/s1. The zero-order valence-corrected chi connectivity index (χ0v) is 14.1.